The smallest absolute Gasteiger partial charge is 0.224 e. The summed E-state index contributed by atoms with van der Waals surface area (Å²) < 4.78 is 0. The minimum Gasteiger partial charge on any atom is -0.397 e. The Morgan fingerprint density at radius 1 is 1.38 bits per heavy atom. The number of benzene rings is 1. The van der Waals surface area contributed by atoms with Gasteiger partial charge in [-0.15, -0.1) is 0 Å². The van der Waals surface area contributed by atoms with Gasteiger partial charge in [-0.2, -0.15) is 11.8 Å². The number of hydrogen-bond donors (Lipinski definition) is 2. The van der Waals surface area contributed by atoms with Crippen molar-refractivity contribution in [1.29, 1.82) is 0 Å². The standard InChI is InChI=1S/C14H21Cl2N3OS/c1-19(6-7-21-2)5-3-4-13(20)18-14-11(16)8-10(15)9-12(14)17/h8-9H,3-7,17H2,1-2H3,(H,18,20). The zero-order valence-corrected chi connectivity index (χ0v) is 14.6. The van der Waals surface area contributed by atoms with Crippen LogP contribution in [0.25, 0.3) is 0 Å². The van der Waals surface area contributed by atoms with Crippen LogP contribution in [0.3, 0.4) is 0 Å². The lowest BCUT2D eigenvalue weighted by molar-refractivity contribution is -0.116. The molecule has 0 saturated heterocycles. The number of carbonyl (C=O) groups is 1. The molecule has 0 aliphatic heterocycles. The fraction of sp³-hybridized carbons (Fsp3) is 0.500. The van der Waals surface area contributed by atoms with Crippen LogP contribution >= 0.6 is 35.0 Å². The van der Waals surface area contributed by atoms with Gasteiger partial charge >= 0.3 is 0 Å². The Bertz CT molecular complexity index is 462. The summed E-state index contributed by atoms with van der Waals surface area (Å²) in [5, 5.41) is 3.55. The molecule has 0 atom stereocenters. The van der Waals surface area contributed by atoms with Crippen LogP contribution in [-0.4, -0.2) is 43.0 Å². The van der Waals surface area contributed by atoms with E-state index in [0.29, 0.717) is 27.8 Å². The van der Waals surface area contributed by atoms with Crippen molar-refractivity contribution in [3.8, 4) is 0 Å². The van der Waals surface area contributed by atoms with Crippen molar-refractivity contribution in [2.75, 3.05) is 43.2 Å². The van der Waals surface area contributed by atoms with Crippen LogP contribution in [0.5, 0.6) is 0 Å². The average Bonchev–Trinajstić information content (AvgIpc) is 2.40. The molecule has 3 N–H and O–H groups in total. The van der Waals surface area contributed by atoms with E-state index < -0.39 is 0 Å². The minimum absolute atomic E-state index is 0.0933. The molecule has 0 aliphatic rings. The van der Waals surface area contributed by atoms with Crippen molar-refractivity contribution in [2.24, 2.45) is 0 Å². The third kappa shape index (κ3) is 6.78. The lowest BCUT2D eigenvalue weighted by Crippen LogP contribution is -2.23. The van der Waals surface area contributed by atoms with Gasteiger partial charge in [0.15, 0.2) is 0 Å². The number of nitrogens with one attached hydrogen (secondary N) is 1. The summed E-state index contributed by atoms with van der Waals surface area (Å²) in [6.07, 6.45) is 3.31. The molecule has 0 heterocycles. The summed E-state index contributed by atoms with van der Waals surface area (Å²) in [5.41, 5.74) is 6.61. The number of anilines is 2. The van der Waals surface area contributed by atoms with Crippen LogP contribution in [0, 0.1) is 0 Å². The summed E-state index contributed by atoms with van der Waals surface area (Å²) in [5.74, 6) is 1.00. The molecule has 0 spiro atoms. The average molecular weight is 350 g/mol. The van der Waals surface area contributed by atoms with E-state index >= 15 is 0 Å². The molecule has 1 rings (SSSR count). The van der Waals surface area contributed by atoms with Gasteiger partial charge in [0.05, 0.1) is 16.4 Å². The van der Waals surface area contributed by atoms with Crippen LogP contribution in [0.4, 0.5) is 11.4 Å². The second-order valence-electron chi connectivity index (χ2n) is 4.80. The monoisotopic (exact) mass is 349 g/mol. The van der Waals surface area contributed by atoms with Crippen molar-refractivity contribution in [2.45, 2.75) is 12.8 Å². The maximum Gasteiger partial charge on any atom is 0.224 e. The summed E-state index contributed by atoms with van der Waals surface area (Å²) in [6.45, 7) is 1.91. The number of nitrogens with zero attached hydrogens (tertiary/aromatic N) is 1. The highest BCUT2D eigenvalue weighted by Gasteiger charge is 2.10. The van der Waals surface area contributed by atoms with Crippen LogP contribution < -0.4 is 11.1 Å². The van der Waals surface area contributed by atoms with Crippen molar-refractivity contribution in [1.82, 2.24) is 4.90 Å². The molecule has 4 nitrogen and oxygen atoms in total. The van der Waals surface area contributed by atoms with E-state index in [1.54, 1.807) is 12.1 Å². The lowest BCUT2D eigenvalue weighted by atomic mass is 10.2. The van der Waals surface area contributed by atoms with Gasteiger partial charge in [-0.05, 0) is 38.4 Å². The summed E-state index contributed by atoms with van der Waals surface area (Å²) in [7, 11) is 2.06. The highest BCUT2D eigenvalue weighted by molar-refractivity contribution is 7.98. The van der Waals surface area contributed by atoms with E-state index in [4.69, 9.17) is 28.9 Å². The topological polar surface area (TPSA) is 58.4 Å². The quantitative estimate of drug-likeness (QED) is 0.704. The van der Waals surface area contributed by atoms with Crippen LogP contribution in [0.2, 0.25) is 10.0 Å². The fourth-order valence-corrected chi connectivity index (χ4v) is 2.85. The first-order chi connectivity index (χ1) is 9.93. The van der Waals surface area contributed by atoms with Gasteiger partial charge in [0.25, 0.3) is 0 Å². The largest absolute Gasteiger partial charge is 0.397 e. The molecule has 0 unspecified atom stereocenters. The van der Waals surface area contributed by atoms with Crippen LogP contribution in [0.15, 0.2) is 12.1 Å². The maximum absolute atomic E-state index is 11.9. The first-order valence-corrected chi connectivity index (χ1v) is 8.81. The first-order valence-electron chi connectivity index (χ1n) is 6.66. The Morgan fingerprint density at radius 2 is 2.10 bits per heavy atom. The predicted molar refractivity (Wildman–Crippen MR) is 94.6 cm³/mol. The number of nitrogens with two attached hydrogens (primary N) is 1. The molecule has 0 aliphatic carbocycles. The molecule has 1 aromatic rings. The molecule has 7 heteroatoms. The molecule has 0 aromatic heterocycles. The van der Waals surface area contributed by atoms with Crippen molar-refractivity contribution >= 4 is 52.2 Å². The van der Waals surface area contributed by atoms with Crippen LogP contribution in [-0.2, 0) is 4.79 Å². The van der Waals surface area contributed by atoms with Gasteiger partial charge in [-0.1, -0.05) is 23.2 Å². The Morgan fingerprint density at radius 3 is 2.71 bits per heavy atom. The third-order valence-corrected chi connectivity index (χ3v) is 4.08. The van der Waals surface area contributed by atoms with E-state index in [9.17, 15) is 4.79 Å². The molecule has 21 heavy (non-hydrogen) atoms. The van der Waals surface area contributed by atoms with Gasteiger partial charge in [0, 0.05) is 23.7 Å². The fourth-order valence-electron chi connectivity index (χ4n) is 1.80. The number of thioether (sulfide) groups is 1. The van der Waals surface area contributed by atoms with E-state index in [1.807, 2.05) is 11.8 Å². The minimum atomic E-state index is -0.0933. The van der Waals surface area contributed by atoms with Crippen molar-refractivity contribution in [3.05, 3.63) is 22.2 Å². The van der Waals surface area contributed by atoms with Crippen LogP contribution in [0.1, 0.15) is 12.8 Å². The first kappa shape index (κ1) is 18.4. The molecular weight excluding hydrogens is 329 g/mol. The number of rotatable bonds is 8. The number of nitrogen functional groups attached to an aromatic ring is 1. The second kappa shape index (κ2) is 9.41. The number of hydrogen-bond acceptors (Lipinski definition) is 4. The number of halogens is 2. The Labute approximate surface area is 140 Å². The van der Waals surface area contributed by atoms with Gasteiger partial charge in [0.2, 0.25) is 5.91 Å². The Kier molecular flexibility index (Phi) is 8.26. The molecule has 0 radical (unpaired) electrons. The van der Waals surface area contributed by atoms with Crippen molar-refractivity contribution in [3.63, 3.8) is 0 Å². The normalized spacial score (nSPS) is 10.9. The Balaban J connectivity index is 2.41. The molecule has 0 bridgehead atoms. The van der Waals surface area contributed by atoms with E-state index in [2.05, 4.69) is 23.5 Å². The second-order valence-corrected chi connectivity index (χ2v) is 6.63. The van der Waals surface area contributed by atoms with Gasteiger partial charge < -0.3 is 16.0 Å². The molecule has 0 fully saturated rings. The molecule has 118 valence electrons. The van der Waals surface area contributed by atoms with Crippen molar-refractivity contribution < 1.29 is 4.79 Å². The molecule has 1 amide bonds. The predicted octanol–water partition coefficient (Wildman–Crippen LogP) is 3.59. The van der Waals surface area contributed by atoms with Gasteiger partial charge in [-0.25, -0.2) is 0 Å². The zero-order valence-electron chi connectivity index (χ0n) is 12.3. The summed E-state index contributed by atoms with van der Waals surface area (Å²) in [4.78, 5) is 14.1. The number of amides is 1. The lowest BCUT2D eigenvalue weighted by Gasteiger charge is -2.15. The molecule has 1 aromatic carbocycles. The Hall–Kier alpha value is -0.620. The summed E-state index contributed by atoms with van der Waals surface area (Å²) >= 11 is 13.7. The molecule has 0 saturated carbocycles. The van der Waals surface area contributed by atoms with Gasteiger partial charge in [-0.3, -0.25) is 4.79 Å². The zero-order chi connectivity index (χ0) is 15.8. The van der Waals surface area contributed by atoms with E-state index in [1.165, 1.54) is 0 Å². The van der Waals surface area contributed by atoms with E-state index in [-0.39, 0.29) is 5.91 Å². The molecular formula is C14H21Cl2N3OS. The van der Waals surface area contributed by atoms with Gasteiger partial charge in [0.1, 0.15) is 0 Å². The highest BCUT2D eigenvalue weighted by atomic mass is 35.5. The summed E-state index contributed by atoms with van der Waals surface area (Å²) in [6, 6.07) is 3.13. The third-order valence-electron chi connectivity index (χ3n) is 2.97. The highest BCUT2D eigenvalue weighted by Crippen LogP contribution is 2.32. The maximum atomic E-state index is 11.9. The van der Waals surface area contributed by atoms with E-state index in [0.717, 1.165) is 25.3 Å². The SMILES string of the molecule is CSCCN(C)CCCC(=O)Nc1c(N)cc(Cl)cc1Cl. The number of carbonyl (C=O) groups excluding carboxylic acids is 1.